The molecule has 0 saturated carbocycles. The predicted octanol–water partition coefficient (Wildman–Crippen LogP) is 2.62. The number of nitrogens with zero attached hydrogens (tertiary/aromatic N) is 1. The first-order chi connectivity index (χ1) is 6.20. The van der Waals surface area contributed by atoms with Gasteiger partial charge in [0.2, 0.25) is 0 Å². The molecule has 0 N–H and O–H groups in total. The molecule has 1 atom stereocenters. The highest BCUT2D eigenvalue weighted by Gasteiger charge is 2.13. The number of hydrogen-bond acceptors (Lipinski definition) is 2. The van der Waals surface area contributed by atoms with Gasteiger partial charge in [-0.15, -0.1) is 0 Å². The van der Waals surface area contributed by atoms with Gasteiger partial charge in [-0.1, -0.05) is 6.92 Å². The monoisotopic (exact) mass is 181 g/mol. The SMILES string of the molecule is CCC(F)c1ccnc(C)c1C=O. The van der Waals surface area contributed by atoms with E-state index < -0.39 is 6.17 Å². The molecule has 70 valence electrons. The third-order valence-corrected chi connectivity index (χ3v) is 2.04. The van der Waals surface area contributed by atoms with Crippen molar-refractivity contribution in [1.82, 2.24) is 4.98 Å². The van der Waals surface area contributed by atoms with Crippen molar-refractivity contribution in [2.24, 2.45) is 0 Å². The predicted molar refractivity (Wildman–Crippen MR) is 48.5 cm³/mol. The Bertz CT molecular complexity index is 312. The number of halogens is 1. The van der Waals surface area contributed by atoms with Crippen molar-refractivity contribution in [1.29, 1.82) is 0 Å². The highest BCUT2D eigenvalue weighted by atomic mass is 19.1. The Kier molecular flexibility index (Phi) is 3.12. The van der Waals surface area contributed by atoms with Gasteiger partial charge in [-0.3, -0.25) is 9.78 Å². The number of alkyl halides is 1. The van der Waals surface area contributed by atoms with Crippen LogP contribution < -0.4 is 0 Å². The van der Waals surface area contributed by atoms with E-state index >= 15 is 0 Å². The lowest BCUT2D eigenvalue weighted by Crippen LogP contribution is -2.00. The number of pyridine rings is 1. The molecular weight excluding hydrogens is 169 g/mol. The Morgan fingerprint density at radius 1 is 1.69 bits per heavy atom. The van der Waals surface area contributed by atoms with Gasteiger partial charge in [-0.25, -0.2) is 4.39 Å². The van der Waals surface area contributed by atoms with Gasteiger partial charge < -0.3 is 0 Å². The van der Waals surface area contributed by atoms with Crippen LogP contribution in [0.15, 0.2) is 12.3 Å². The zero-order valence-electron chi connectivity index (χ0n) is 7.75. The maximum atomic E-state index is 13.3. The van der Waals surface area contributed by atoms with E-state index in [4.69, 9.17) is 0 Å². The summed E-state index contributed by atoms with van der Waals surface area (Å²) in [5.74, 6) is 0. The summed E-state index contributed by atoms with van der Waals surface area (Å²) in [7, 11) is 0. The summed E-state index contributed by atoms with van der Waals surface area (Å²) in [4.78, 5) is 14.6. The summed E-state index contributed by atoms with van der Waals surface area (Å²) < 4.78 is 13.3. The Morgan fingerprint density at radius 3 is 2.92 bits per heavy atom. The molecule has 0 fully saturated rings. The van der Waals surface area contributed by atoms with E-state index in [0.29, 0.717) is 29.5 Å². The van der Waals surface area contributed by atoms with Crippen LogP contribution in [0.3, 0.4) is 0 Å². The van der Waals surface area contributed by atoms with E-state index in [0.717, 1.165) is 0 Å². The number of aromatic nitrogens is 1. The molecule has 0 aromatic carbocycles. The molecular formula is C10H12FNO. The van der Waals surface area contributed by atoms with E-state index in [2.05, 4.69) is 4.98 Å². The van der Waals surface area contributed by atoms with Crippen LogP contribution in [-0.2, 0) is 0 Å². The fourth-order valence-electron chi connectivity index (χ4n) is 1.24. The average Bonchev–Trinajstić information content (AvgIpc) is 2.16. The van der Waals surface area contributed by atoms with Gasteiger partial charge in [0.05, 0.1) is 0 Å². The van der Waals surface area contributed by atoms with Gasteiger partial charge in [-0.2, -0.15) is 0 Å². The molecule has 0 bridgehead atoms. The minimum Gasteiger partial charge on any atom is -0.298 e. The third kappa shape index (κ3) is 1.91. The number of aryl methyl sites for hydroxylation is 1. The van der Waals surface area contributed by atoms with Crippen LogP contribution in [0, 0.1) is 6.92 Å². The maximum absolute atomic E-state index is 13.3. The fourth-order valence-corrected chi connectivity index (χ4v) is 1.24. The van der Waals surface area contributed by atoms with Crippen LogP contribution in [0.1, 0.15) is 41.1 Å². The molecule has 0 amide bonds. The lowest BCUT2D eigenvalue weighted by atomic mass is 10.0. The largest absolute Gasteiger partial charge is 0.298 e. The molecule has 1 aromatic heterocycles. The van der Waals surface area contributed by atoms with Crippen LogP contribution in [-0.4, -0.2) is 11.3 Å². The number of aldehydes is 1. The smallest absolute Gasteiger partial charge is 0.152 e. The van der Waals surface area contributed by atoms with Gasteiger partial charge >= 0.3 is 0 Å². The lowest BCUT2D eigenvalue weighted by molar-refractivity contribution is 0.111. The molecule has 0 aliphatic rings. The van der Waals surface area contributed by atoms with Crippen molar-refractivity contribution in [2.45, 2.75) is 26.4 Å². The molecule has 0 aliphatic carbocycles. The van der Waals surface area contributed by atoms with Crippen LogP contribution in [0.2, 0.25) is 0 Å². The van der Waals surface area contributed by atoms with Gasteiger partial charge in [0.15, 0.2) is 6.29 Å². The molecule has 3 heteroatoms. The molecule has 1 aromatic rings. The summed E-state index contributed by atoms with van der Waals surface area (Å²) >= 11 is 0. The minimum atomic E-state index is -1.07. The lowest BCUT2D eigenvalue weighted by Gasteiger charge is -2.09. The second-order valence-electron chi connectivity index (χ2n) is 2.89. The van der Waals surface area contributed by atoms with Gasteiger partial charge in [0.25, 0.3) is 0 Å². The highest BCUT2D eigenvalue weighted by Crippen LogP contribution is 2.24. The highest BCUT2D eigenvalue weighted by molar-refractivity contribution is 5.78. The van der Waals surface area contributed by atoms with E-state index in [1.54, 1.807) is 19.9 Å². The van der Waals surface area contributed by atoms with Crippen LogP contribution in [0.5, 0.6) is 0 Å². The quantitative estimate of drug-likeness (QED) is 0.671. The van der Waals surface area contributed by atoms with E-state index in [1.165, 1.54) is 6.20 Å². The zero-order valence-corrected chi connectivity index (χ0v) is 7.75. The van der Waals surface area contributed by atoms with E-state index in [9.17, 15) is 9.18 Å². The second-order valence-corrected chi connectivity index (χ2v) is 2.89. The van der Waals surface area contributed by atoms with Crippen LogP contribution >= 0.6 is 0 Å². The Hall–Kier alpha value is -1.25. The average molecular weight is 181 g/mol. The van der Waals surface area contributed by atoms with Gasteiger partial charge in [0, 0.05) is 17.5 Å². The Morgan fingerprint density at radius 2 is 2.38 bits per heavy atom. The molecule has 0 radical (unpaired) electrons. The van der Waals surface area contributed by atoms with E-state index in [1.807, 2.05) is 0 Å². The van der Waals surface area contributed by atoms with Gasteiger partial charge in [0.1, 0.15) is 6.17 Å². The first kappa shape index (κ1) is 9.84. The van der Waals surface area contributed by atoms with Crippen molar-refractivity contribution in [2.75, 3.05) is 0 Å². The van der Waals surface area contributed by atoms with E-state index in [-0.39, 0.29) is 0 Å². The molecule has 0 aliphatic heterocycles. The first-order valence-electron chi connectivity index (χ1n) is 4.25. The zero-order chi connectivity index (χ0) is 9.84. The van der Waals surface area contributed by atoms with Crippen LogP contribution in [0.4, 0.5) is 4.39 Å². The van der Waals surface area contributed by atoms with Gasteiger partial charge in [-0.05, 0) is 25.0 Å². The number of carbonyl (C=O) groups is 1. The summed E-state index contributed by atoms with van der Waals surface area (Å²) in [6, 6.07) is 1.56. The standard InChI is InChI=1S/C10H12FNO/c1-3-10(11)8-4-5-12-7(2)9(8)6-13/h4-6,10H,3H2,1-2H3. The maximum Gasteiger partial charge on any atom is 0.152 e. The fraction of sp³-hybridized carbons (Fsp3) is 0.400. The molecule has 1 rings (SSSR count). The first-order valence-corrected chi connectivity index (χ1v) is 4.25. The summed E-state index contributed by atoms with van der Waals surface area (Å²) in [6.45, 7) is 3.45. The number of carbonyl (C=O) groups excluding carboxylic acids is 1. The number of rotatable bonds is 3. The summed E-state index contributed by atoms with van der Waals surface area (Å²) in [6.07, 6.45) is 1.51. The van der Waals surface area contributed by atoms with Crippen molar-refractivity contribution < 1.29 is 9.18 Å². The van der Waals surface area contributed by atoms with Crippen molar-refractivity contribution in [3.8, 4) is 0 Å². The Balaban J connectivity index is 3.19. The minimum absolute atomic E-state index is 0.379. The summed E-state index contributed by atoms with van der Waals surface area (Å²) in [5.41, 5.74) is 1.42. The topological polar surface area (TPSA) is 30.0 Å². The third-order valence-electron chi connectivity index (χ3n) is 2.04. The summed E-state index contributed by atoms with van der Waals surface area (Å²) in [5, 5.41) is 0. The van der Waals surface area contributed by atoms with Crippen molar-refractivity contribution >= 4 is 6.29 Å². The van der Waals surface area contributed by atoms with Crippen LogP contribution in [0.25, 0.3) is 0 Å². The Labute approximate surface area is 76.8 Å². The molecule has 2 nitrogen and oxygen atoms in total. The van der Waals surface area contributed by atoms with Crippen molar-refractivity contribution in [3.05, 3.63) is 29.1 Å². The van der Waals surface area contributed by atoms with Crippen molar-refractivity contribution in [3.63, 3.8) is 0 Å². The second kappa shape index (κ2) is 4.12. The number of hydrogen-bond donors (Lipinski definition) is 0. The molecule has 13 heavy (non-hydrogen) atoms. The molecule has 1 heterocycles. The molecule has 1 unspecified atom stereocenters. The molecule has 0 spiro atoms. The normalized spacial score (nSPS) is 12.5. The molecule has 0 saturated heterocycles.